The molecule has 0 bridgehead atoms. The molecule has 4 rings (SSSR count). The number of amides is 2. The first-order chi connectivity index (χ1) is 13.8. The van der Waals surface area contributed by atoms with Crippen LogP contribution >= 0.6 is 0 Å². The van der Waals surface area contributed by atoms with Crippen molar-refractivity contribution in [1.29, 1.82) is 0 Å². The van der Waals surface area contributed by atoms with Gasteiger partial charge in [0.1, 0.15) is 0 Å². The van der Waals surface area contributed by atoms with Gasteiger partial charge in [0.2, 0.25) is 0 Å². The van der Waals surface area contributed by atoms with Gasteiger partial charge in [-0.15, -0.1) is 0 Å². The minimum Gasteiger partial charge on any atom is -0.355 e. The van der Waals surface area contributed by atoms with Gasteiger partial charge in [0, 0.05) is 27.5 Å². The van der Waals surface area contributed by atoms with Gasteiger partial charge in [0.15, 0.2) is 0 Å². The van der Waals surface area contributed by atoms with Crippen molar-refractivity contribution < 1.29 is 4.79 Å². The van der Waals surface area contributed by atoms with Gasteiger partial charge < -0.3 is 15.6 Å². The number of carbonyl (C=O) groups excluding carboxylic acids is 1. The van der Waals surface area contributed by atoms with Gasteiger partial charge in [0.05, 0.1) is 5.54 Å². The first kappa shape index (κ1) is 18.8. The molecular weight excluding hydrogens is 358 g/mol. The molecule has 4 heteroatoms. The molecule has 146 valence electrons. The number of aromatic amines is 1. The van der Waals surface area contributed by atoms with Crippen LogP contribution in [0, 0.1) is 0 Å². The Kier molecular flexibility index (Phi) is 4.63. The van der Waals surface area contributed by atoms with Crippen molar-refractivity contribution in [3.8, 4) is 0 Å². The quantitative estimate of drug-likeness (QED) is 0.375. The van der Waals surface area contributed by atoms with Crippen molar-refractivity contribution in [3.05, 3.63) is 84.4 Å². The Morgan fingerprint density at radius 2 is 1.69 bits per heavy atom. The van der Waals surface area contributed by atoms with E-state index in [0.717, 1.165) is 44.2 Å². The zero-order chi connectivity index (χ0) is 20.6. The summed E-state index contributed by atoms with van der Waals surface area (Å²) in [6, 6.07) is 21.9. The molecule has 0 atom stereocenters. The zero-order valence-electron chi connectivity index (χ0n) is 17.0. The summed E-state index contributed by atoms with van der Waals surface area (Å²) >= 11 is 0. The normalized spacial score (nSPS) is 11.6. The number of hydrogen-bond donors (Lipinski definition) is 3. The molecule has 4 nitrogen and oxygen atoms in total. The number of para-hydroxylation sites is 1. The lowest BCUT2D eigenvalue weighted by Gasteiger charge is -2.27. The van der Waals surface area contributed by atoms with Crippen LogP contribution in [0.1, 0.15) is 31.9 Å². The summed E-state index contributed by atoms with van der Waals surface area (Å²) in [5.41, 5.74) is 5.46. The Hall–Kier alpha value is -3.53. The van der Waals surface area contributed by atoms with Crippen molar-refractivity contribution in [3.63, 3.8) is 0 Å². The van der Waals surface area contributed by atoms with Crippen molar-refractivity contribution in [2.45, 2.75) is 26.3 Å². The van der Waals surface area contributed by atoms with E-state index in [2.05, 4.69) is 40.4 Å². The maximum absolute atomic E-state index is 12.7. The minimum atomic E-state index is -0.527. The molecule has 1 heterocycles. The second-order valence-corrected chi connectivity index (χ2v) is 8.00. The van der Waals surface area contributed by atoms with Crippen molar-refractivity contribution in [1.82, 2.24) is 10.3 Å². The van der Waals surface area contributed by atoms with Crippen LogP contribution in [-0.2, 0) is 5.54 Å². The van der Waals surface area contributed by atoms with E-state index in [1.807, 2.05) is 69.3 Å². The third kappa shape index (κ3) is 3.74. The summed E-state index contributed by atoms with van der Waals surface area (Å²) in [5, 5.41) is 8.28. The van der Waals surface area contributed by atoms with Crippen LogP contribution in [0.3, 0.4) is 0 Å². The number of hydrogen-bond acceptors (Lipinski definition) is 1. The van der Waals surface area contributed by atoms with Gasteiger partial charge in [-0.1, -0.05) is 48.6 Å². The van der Waals surface area contributed by atoms with E-state index in [0.29, 0.717) is 0 Å². The maximum atomic E-state index is 12.7. The standard InChI is InChI=1S/C25H25N3O/c1-16(2)17-8-7-9-18(14-17)25(3,4)28-24(29)26-19-12-13-23-21(15-19)20-10-5-6-11-22(20)27-23/h5-15,27H,1H2,2-4H3,(H2,26,28,29). The number of nitrogens with one attached hydrogen (secondary N) is 3. The molecule has 0 aliphatic carbocycles. The third-order valence-corrected chi connectivity index (χ3v) is 5.27. The highest BCUT2D eigenvalue weighted by Gasteiger charge is 2.23. The summed E-state index contributed by atoms with van der Waals surface area (Å²) in [5.74, 6) is 0. The average Bonchev–Trinajstić information content (AvgIpc) is 3.05. The van der Waals surface area contributed by atoms with Gasteiger partial charge >= 0.3 is 6.03 Å². The lowest BCUT2D eigenvalue weighted by Crippen LogP contribution is -2.43. The zero-order valence-corrected chi connectivity index (χ0v) is 17.0. The summed E-state index contributed by atoms with van der Waals surface area (Å²) in [4.78, 5) is 16.1. The van der Waals surface area contributed by atoms with Crippen molar-refractivity contribution >= 4 is 39.1 Å². The van der Waals surface area contributed by atoms with Crippen LogP contribution in [0.2, 0.25) is 0 Å². The molecular formula is C25H25N3O. The molecule has 0 aliphatic heterocycles. The molecule has 0 saturated carbocycles. The first-order valence-corrected chi connectivity index (χ1v) is 9.69. The molecule has 3 aromatic carbocycles. The third-order valence-electron chi connectivity index (χ3n) is 5.27. The predicted molar refractivity (Wildman–Crippen MR) is 122 cm³/mol. The lowest BCUT2D eigenvalue weighted by molar-refractivity contribution is 0.242. The van der Waals surface area contributed by atoms with Crippen LogP contribution < -0.4 is 10.6 Å². The topological polar surface area (TPSA) is 56.9 Å². The number of anilines is 1. The minimum absolute atomic E-state index is 0.241. The SMILES string of the molecule is C=C(C)c1cccc(C(C)(C)NC(=O)Nc2ccc3[nH]c4ccccc4c3c2)c1. The molecule has 3 N–H and O–H groups in total. The number of urea groups is 1. The molecule has 4 aromatic rings. The molecule has 2 amide bonds. The summed E-state index contributed by atoms with van der Waals surface area (Å²) < 4.78 is 0. The summed E-state index contributed by atoms with van der Waals surface area (Å²) in [7, 11) is 0. The summed E-state index contributed by atoms with van der Waals surface area (Å²) in [6.07, 6.45) is 0. The Labute approximate surface area is 170 Å². The van der Waals surface area contributed by atoms with E-state index in [-0.39, 0.29) is 6.03 Å². The van der Waals surface area contributed by atoms with E-state index in [4.69, 9.17) is 0 Å². The monoisotopic (exact) mass is 383 g/mol. The molecule has 0 radical (unpaired) electrons. The van der Waals surface area contributed by atoms with Crippen molar-refractivity contribution in [2.75, 3.05) is 5.32 Å². The van der Waals surface area contributed by atoms with E-state index in [1.165, 1.54) is 0 Å². The maximum Gasteiger partial charge on any atom is 0.319 e. The largest absolute Gasteiger partial charge is 0.355 e. The molecule has 0 fully saturated rings. The Morgan fingerprint density at radius 3 is 2.48 bits per heavy atom. The second kappa shape index (κ2) is 7.13. The highest BCUT2D eigenvalue weighted by molar-refractivity contribution is 6.08. The average molecular weight is 383 g/mol. The smallest absolute Gasteiger partial charge is 0.319 e. The molecule has 0 spiro atoms. The second-order valence-electron chi connectivity index (χ2n) is 8.00. The molecule has 0 aliphatic rings. The van der Waals surface area contributed by atoms with E-state index >= 15 is 0 Å². The first-order valence-electron chi connectivity index (χ1n) is 9.69. The predicted octanol–water partition coefficient (Wildman–Crippen LogP) is 6.41. The van der Waals surface area contributed by atoms with Crippen LogP contribution in [0.15, 0.2) is 73.3 Å². The van der Waals surface area contributed by atoms with E-state index in [1.54, 1.807) is 0 Å². The number of rotatable bonds is 4. The molecule has 1 aromatic heterocycles. The Morgan fingerprint density at radius 1 is 0.931 bits per heavy atom. The summed E-state index contributed by atoms with van der Waals surface area (Å²) in [6.45, 7) is 9.97. The number of carbonyl (C=O) groups is 1. The highest BCUT2D eigenvalue weighted by atomic mass is 16.2. The number of H-pyrrole nitrogens is 1. The number of allylic oxidation sites excluding steroid dienone is 1. The lowest BCUT2D eigenvalue weighted by atomic mass is 9.92. The van der Waals surface area contributed by atoms with Crippen LogP contribution in [-0.4, -0.2) is 11.0 Å². The van der Waals surface area contributed by atoms with Gasteiger partial charge in [-0.3, -0.25) is 0 Å². The van der Waals surface area contributed by atoms with E-state index in [9.17, 15) is 4.79 Å². The number of aromatic nitrogens is 1. The number of fused-ring (bicyclic) bond motifs is 3. The molecule has 0 saturated heterocycles. The fourth-order valence-electron chi connectivity index (χ4n) is 3.62. The fourth-order valence-corrected chi connectivity index (χ4v) is 3.62. The molecule has 29 heavy (non-hydrogen) atoms. The van der Waals surface area contributed by atoms with Crippen LogP contribution in [0.25, 0.3) is 27.4 Å². The van der Waals surface area contributed by atoms with E-state index < -0.39 is 5.54 Å². The van der Waals surface area contributed by atoms with Gasteiger partial charge in [0.25, 0.3) is 0 Å². The highest BCUT2D eigenvalue weighted by Crippen LogP contribution is 2.28. The number of benzene rings is 3. The van der Waals surface area contributed by atoms with Gasteiger partial charge in [-0.2, -0.15) is 0 Å². The Balaban J connectivity index is 1.55. The van der Waals surface area contributed by atoms with Crippen LogP contribution in [0.4, 0.5) is 10.5 Å². The van der Waals surface area contributed by atoms with Gasteiger partial charge in [-0.25, -0.2) is 4.79 Å². The van der Waals surface area contributed by atoms with Crippen molar-refractivity contribution in [2.24, 2.45) is 0 Å². The van der Waals surface area contributed by atoms with Gasteiger partial charge in [-0.05, 0) is 62.2 Å². The van der Waals surface area contributed by atoms with Crippen LogP contribution in [0.5, 0.6) is 0 Å². The molecule has 0 unspecified atom stereocenters. The fraction of sp³-hybridized carbons (Fsp3) is 0.160. The Bertz CT molecular complexity index is 1230.